The predicted molar refractivity (Wildman–Crippen MR) is 132 cm³/mol. The molecule has 0 radical (unpaired) electrons. The lowest BCUT2D eigenvalue weighted by atomic mass is 10.0. The SMILES string of the molecule is CC(C)c1ccc(/C=C/C(=O)Nc2nc(-c3ccccc3)c(CN3CCOCC3)s2)cc1. The summed E-state index contributed by atoms with van der Waals surface area (Å²) in [6.07, 6.45) is 3.40. The number of nitrogens with zero attached hydrogens (tertiary/aromatic N) is 2. The molecule has 0 unspecified atom stereocenters. The molecule has 3 aromatic rings. The topological polar surface area (TPSA) is 54.5 Å². The highest BCUT2D eigenvalue weighted by atomic mass is 32.1. The summed E-state index contributed by atoms with van der Waals surface area (Å²) >= 11 is 1.54. The molecular weight excluding hydrogens is 418 g/mol. The zero-order valence-electron chi connectivity index (χ0n) is 18.6. The van der Waals surface area contributed by atoms with Crippen LogP contribution in [-0.4, -0.2) is 42.1 Å². The maximum atomic E-state index is 12.5. The van der Waals surface area contributed by atoms with Gasteiger partial charge < -0.3 is 4.74 Å². The fourth-order valence-corrected chi connectivity index (χ4v) is 4.64. The van der Waals surface area contributed by atoms with Crippen LogP contribution in [0.25, 0.3) is 17.3 Å². The van der Waals surface area contributed by atoms with Gasteiger partial charge in [-0.25, -0.2) is 4.98 Å². The molecule has 6 heteroatoms. The van der Waals surface area contributed by atoms with Crippen molar-refractivity contribution in [2.75, 3.05) is 31.6 Å². The number of rotatable bonds is 7. The third-order valence-corrected chi connectivity index (χ3v) is 6.43. The van der Waals surface area contributed by atoms with Gasteiger partial charge in [-0.3, -0.25) is 15.0 Å². The van der Waals surface area contributed by atoms with Crippen molar-refractivity contribution in [3.8, 4) is 11.3 Å². The van der Waals surface area contributed by atoms with Gasteiger partial charge in [-0.05, 0) is 23.1 Å². The van der Waals surface area contributed by atoms with Gasteiger partial charge in [0.25, 0.3) is 0 Å². The van der Waals surface area contributed by atoms with E-state index >= 15 is 0 Å². The van der Waals surface area contributed by atoms with Crippen molar-refractivity contribution in [3.05, 3.63) is 76.7 Å². The summed E-state index contributed by atoms with van der Waals surface area (Å²) in [5, 5.41) is 3.57. The maximum Gasteiger partial charge on any atom is 0.250 e. The molecule has 0 atom stereocenters. The summed E-state index contributed by atoms with van der Waals surface area (Å²) in [5.41, 5.74) is 4.29. The Morgan fingerprint density at radius 3 is 2.53 bits per heavy atom. The van der Waals surface area contributed by atoms with Crippen LogP contribution in [0.3, 0.4) is 0 Å². The summed E-state index contributed by atoms with van der Waals surface area (Å²) in [6.45, 7) is 8.47. The van der Waals surface area contributed by atoms with Crippen LogP contribution < -0.4 is 5.32 Å². The number of amides is 1. The highest BCUT2D eigenvalue weighted by Crippen LogP contribution is 2.32. The number of nitrogens with one attached hydrogen (secondary N) is 1. The fourth-order valence-electron chi connectivity index (χ4n) is 3.61. The number of aromatic nitrogens is 1. The van der Waals surface area contributed by atoms with Crippen LogP contribution >= 0.6 is 11.3 Å². The number of hydrogen-bond donors (Lipinski definition) is 1. The van der Waals surface area contributed by atoms with Crippen LogP contribution in [-0.2, 0) is 16.1 Å². The van der Waals surface area contributed by atoms with E-state index < -0.39 is 0 Å². The van der Waals surface area contributed by atoms with E-state index in [1.165, 1.54) is 5.56 Å². The summed E-state index contributed by atoms with van der Waals surface area (Å²) in [7, 11) is 0. The van der Waals surface area contributed by atoms with Crippen molar-refractivity contribution >= 4 is 28.5 Å². The third kappa shape index (κ3) is 5.91. The average molecular weight is 448 g/mol. The number of carbonyl (C=O) groups is 1. The molecule has 166 valence electrons. The normalized spacial score (nSPS) is 14.8. The first-order chi connectivity index (χ1) is 15.6. The molecule has 5 nitrogen and oxygen atoms in total. The minimum Gasteiger partial charge on any atom is -0.379 e. The van der Waals surface area contributed by atoms with Gasteiger partial charge in [0, 0.05) is 36.2 Å². The molecule has 1 fully saturated rings. The largest absolute Gasteiger partial charge is 0.379 e. The van der Waals surface area contributed by atoms with Crippen LogP contribution in [0.5, 0.6) is 0 Å². The molecule has 1 aliphatic heterocycles. The Kier molecular flexibility index (Phi) is 7.47. The molecule has 0 saturated carbocycles. The van der Waals surface area contributed by atoms with E-state index in [4.69, 9.17) is 9.72 Å². The van der Waals surface area contributed by atoms with Crippen molar-refractivity contribution in [2.24, 2.45) is 0 Å². The minimum atomic E-state index is -0.177. The Balaban J connectivity index is 1.48. The molecule has 1 aromatic heterocycles. The number of anilines is 1. The van der Waals surface area contributed by atoms with Gasteiger partial charge >= 0.3 is 0 Å². The monoisotopic (exact) mass is 447 g/mol. The van der Waals surface area contributed by atoms with Crippen molar-refractivity contribution < 1.29 is 9.53 Å². The van der Waals surface area contributed by atoms with E-state index in [1.54, 1.807) is 17.4 Å². The highest BCUT2D eigenvalue weighted by molar-refractivity contribution is 7.16. The second kappa shape index (κ2) is 10.7. The fraction of sp³-hybridized carbons (Fsp3) is 0.308. The second-order valence-electron chi connectivity index (χ2n) is 8.19. The lowest BCUT2D eigenvalue weighted by Gasteiger charge is -2.26. The van der Waals surface area contributed by atoms with Crippen molar-refractivity contribution in [2.45, 2.75) is 26.3 Å². The van der Waals surface area contributed by atoms with E-state index in [1.807, 2.05) is 36.4 Å². The zero-order chi connectivity index (χ0) is 22.3. The molecule has 0 spiro atoms. The molecule has 4 rings (SSSR count). The molecule has 1 saturated heterocycles. The number of carbonyl (C=O) groups excluding carboxylic acids is 1. The summed E-state index contributed by atoms with van der Waals surface area (Å²) in [5.74, 6) is 0.316. The summed E-state index contributed by atoms with van der Waals surface area (Å²) in [6, 6.07) is 18.4. The molecule has 0 aliphatic carbocycles. The molecule has 32 heavy (non-hydrogen) atoms. The van der Waals surface area contributed by atoms with E-state index in [0.717, 1.165) is 54.5 Å². The van der Waals surface area contributed by atoms with E-state index in [2.05, 4.69) is 48.3 Å². The Morgan fingerprint density at radius 2 is 1.84 bits per heavy atom. The Bertz CT molecular complexity index is 1050. The smallest absolute Gasteiger partial charge is 0.250 e. The van der Waals surface area contributed by atoms with E-state index in [-0.39, 0.29) is 5.91 Å². The van der Waals surface area contributed by atoms with E-state index in [9.17, 15) is 4.79 Å². The Labute approximate surface area is 193 Å². The summed E-state index contributed by atoms with van der Waals surface area (Å²) < 4.78 is 5.47. The van der Waals surface area contributed by atoms with Crippen molar-refractivity contribution in [3.63, 3.8) is 0 Å². The van der Waals surface area contributed by atoms with Gasteiger partial charge in [0.05, 0.1) is 18.9 Å². The molecule has 1 amide bonds. The van der Waals surface area contributed by atoms with Gasteiger partial charge in [-0.1, -0.05) is 79.8 Å². The standard InChI is InChI=1S/C26H29N3O2S/c1-19(2)21-11-8-20(9-12-21)10-13-24(30)27-26-28-25(22-6-4-3-5-7-22)23(32-26)18-29-14-16-31-17-15-29/h3-13,19H,14-18H2,1-2H3,(H,27,28,30)/b13-10+. The number of thiazole rings is 1. The molecule has 0 bridgehead atoms. The molecule has 2 aromatic carbocycles. The van der Waals surface area contributed by atoms with Crippen LogP contribution in [0.4, 0.5) is 5.13 Å². The number of benzene rings is 2. The van der Waals surface area contributed by atoms with Crippen molar-refractivity contribution in [1.29, 1.82) is 0 Å². The quantitative estimate of drug-likeness (QED) is 0.492. The Morgan fingerprint density at radius 1 is 1.12 bits per heavy atom. The zero-order valence-corrected chi connectivity index (χ0v) is 19.4. The molecule has 1 N–H and O–H groups in total. The van der Waals surface area contributed by atoms with Gasteiger partial charge in [0.1, 0.15) is 0 Å². The first kappa shape index (κ1) is 22.4. The maximum absolute atomic E-state index is 12.5. The molecular formula is C26H29N3O2S. The first-order valence-electron chi connectivity index (χ1n) is 11.0. The average Bonchev–Trinajstić information content (AvgIpc) is 3.21. The lowest BCUT2D eigenvalue weighted by molar-refractivity contribution is -0.111. The number of hydrogen-bond acceptors (Lipinski definition) is 5. The Hall–Kier alpha value is -2.80. The number of ether oxygens (including phenoxy) is 1. The van der Waals surface area contributed by atoms with Crippen molar-refractivity contribution in [1.82, 2.24) is 9.88 Å². The van der Waals surface area contributed by atoms with Crippen LogP contribution in [0.1, 0.15) is 35.8 Å². The first-order valence-corrected chi connectivity index (χ1v) is 11.8. The number of morpholine rings is 1. The molecule has 1 aliphatic rings. The molecule has 2 heterocycles. The van der Waals surface area contributed by atoms with Gasteiger partial charge in [-0.2, -0.15) is 0 Å². The minimum absolute atomic E-state index is 0.177. The third-order valence-electron chi connectivity index (χ3n) is 5.48. The highest BCUT2D eigenvalue weighted by Gasteiger charge is 2.18. The van der Waals surface area contributed by atoms with Gasteiger partial charge in [-0.15, -0.1) is 0 Å². The summed E-state index contributed by atoms with van der Waals surface area (Å²) in [4.78, 5) is 20.8. The van der Waals surface area contributed by atoms with Crippen LogP contribution in [0.2, 0.25) is 0 Å². The lowest BCUT2D eigenvalue weighted by Crippen LogP contribution is -2.35. The van der Waals surface area contributed by atoms with E-state index in [0.29, 0.717) is 11.0 Å². The second-order valence-corrected chi connectivity index (χ2v) is 9.27. The van der Waals surface area contributed by atoms with Gasteiger partial charge in [0.2, 0.25) is 5.91 Å². The van der Waals surface area contributed by atoms with Gasteiger partial charge in [0.15, 0.2) is 5.13 Å². The van der Waals surface area contributed by atoms with Crippen LogP contribution in [0, 0.1) is 0 Å². The predicted octanol–water partition coefficient (Wildman–Crippen LogP) is 5.42. The van der Waals surface area contributed by atoms with Crippen LogP contribution in [0.15, 0.2) is 60.7 Å².